The van der Waals surface area contributed by atoms with E-state index in [0.29, 0.717) is 24.7 Å². The molecule has 1 rings (SSSR count). The SMILES string of the molecule is Cc1nc(CCNC(=O)CC(C)(C)CC(=O)O)no1. The van der Waals surface area contributed by atoms with Gasteiger partial charge in [0.2, 0.25) is 11.8 Å². The Morgan fingerprint density at radius 1 is 1.37 bits per heavy atom. The smallest absolute Gasteiger partial charge is 0.303 e. The first-order chi connectivity index (χ1) is 8.78. The van der Waals surface area contributed by atoms with Crippen molar-refractivity contribution in [2.24, 2.45) is 5.41 Å². The van der Waals surface area contributed by atoms with Crippen LogP contribution in [0, 0.1) is 12.3 Å². The molecule has 7 nitrogen and oxygen atoms in total. The van der Waals surface area contributed by atoms with E-state index in [1.807, 2.05) is 0 Å². The molecule has 0 aliphatic carbocycles. The van der Waals surface area contributed by atoms with Gasteiger partial charge in [0, 0.05) is 26.3 Å². The van der Waals surface area contributed by atoms with Gasteiger partial charge < -0.3 is 14.9 Å². The van der Waals surface area contributed by atoms with Crippen molar-refractivity contribution in [1.29, 1.82) is 0 Å². The summed E-state index contributed by atoms with van der Waals surface area (Å²) in [7, 11) is 0. The Morgan fingerprint density at radius 2 is 2.05 bits per heavy atom. The molecule has 19 heavy (non-hydrogen) atoms. The number of nitrogens with zero attached hydrogens (tertiary/aromatic N) is 2. The summed E-state index contributed by atoms with van der Waals surface area (Å²) in [5, 5.41) is 15.2. The highest BCUT2D eigenvalue weighted by Crippen LogP contribution is 2.24. The van der Waals surface area contributed by atoms with Crippen LogP contribution in [-0.4, -0.2) is 33.7 Å². The molecular weight excluding hydrogens is 250 g/mol. The maximum absolute atomic E-state index is 11.7. The number of hydrogen-bond acceptors (Lipinski definition) is 5. The normalized spacial score (nSPS) is 11.3. The third kappa shape index (κ3) is 5.98. The summed E-state index contributed by atoms with van der Waals surface area (Å²) in [6, 6.07) is 0. The summed E-state index contributed by atoms with van der Waals surface area (Å²) < 4.78 is 4.81. The Kier molecular flexibility index (Phi) is 5.02. The second-order valence-corrected chi connectivity index (χ2v) is 5.24. The molecule has 0 spiro atoms. The first-order valence-corrected chi connectivity index (χ1v) is 6.06. The number of nitrogens with one attached hydrogen (secondary N) is 1. The van der Waals surface area contributed by atoms with E-state index < -0.39 is 11.4 Å². The lowest BCUT2D eigenvalue weighted by Gasteiger charge is -2.21. The van der Waals surface area contributed by atoms with Gasteiger partial charge in [-0.3, -0.25) is 9.59 Å². The summed E-state index contributed by atoms with van der Waals surface area (Å²) in [6.07, 6.45) is 0.622. The minimum absolute atomic E-state index is 0.0372. The van der Waals surface area contributed by atoms with E-state index in [1.54, 1.807) is 20.8 Å². The third-order valence-electron chi connectivity index (χ3n) is 2.51. The summed E-state index contributed by atoms with van der Waals surface area (Å²) in [5.41, 5.74) is -0.557. The van der Waals surface area contributed by atoms with Gasteiger partial charge in [-0.15, -0.1) is 0 Å². The Bertz CT molecular complexity index is 454. The fourth-order valence-electron chi connectivity index (χ4n) is 1.73. The quantitative estimate of drug-likeness (QED) is 0.762. The van der Waals surface area contributed by atoms with Crippen molar-refractivity contribution in [2.75, 3.05) is 6.54 Å². The first-order valence-electron chi connectivity index (χ1n) is 6.06. The highest BCUT2D eigenvalue weighted by molar-refractivity contribution is 5.77. The van der Waals surface area contributed by atoms with E-state index in [-0.39, 0.29) is 18.7 Å². The van der Waals surface area contributed by atoms with Crippen LogP contribution in [0.25, 0.3) is 0 Å². The first kappa shape index (κ1) is 15.1. The van der Waals surface area contributed by atoms with Crippen LogP contribution in [0.2, 0.25) is 0 Å². The molecule has 1 heterocycles. The number of amides is 1. The summed E-state index contributed by atoms with van der Waals surface area (Å²) in [4.78, 5) is 26.3. The molecule has 0 aliphatic rings. The van der Waals surface area contributed by atoms with Gasteiger partial charge in [-0.2, -0.15) is 4.98 Å². The number of carboxylic acids is 1. The molecule has 7 heteroatoms. The largest absolute Gasteiger partial charge is 0.481 e. The molecule has 0 radical (unpaired) electrons. The van der Waals surface area contributed by atoms with Crippen molar-refractivity contribution in [3.8, 4) is 0 Å². The van der Waals surface area contributed by atoms with E-state index in [1.165, 1.54) is 0 Å². The highest BCUT2D eigenvalue weighted by atomic mass is 16.5. The number of aliphatic carboxylic acids is 1. The Morgan fingerprint density at radius 3 is 2.58 bits per heavy atom. The van der Waals surface area contributed by atoms with E-state index in [9.17, 15) is 9.59 Å². The summed E-state index contributed by atoms with van der Waals surface area (Å²) >= 11 is 0. The van der Waals surface area contributed by atoms with Gasteiger partial charge in [0.25, 0.3) is 0 Å². The zero-order valence-electron chi connectivity index (χ0n) is 11.4. The molecular formula is C12H19N3O4. The van der Waals surface area contributed by atoms with Crippen molar-refractivity contribution >= 4 is 11.9 Å². The molecule has 0 unspecified atom stereocenters. The molecule has 1 amide bonds. The van der Waals surface area contributed by atoms with Crippen molar-refractivity contribution in [3.05, 3.63) is 11.7 Å². The van der Waals surface area contributed by atoms with E-state index in [2.05, 4.69) is 15.5 Å². The Hall–Kier alpha value is -1.92. The zero-order valence-corrected chi connectivity index (χ0v) is 11.4. The standard InChI is InChI=1S/C12H19N3O4/c1-8-14-9(15-19-8)4-5-13-10(16)6-12(2,3)7-11(17)18/h4-7H2,1-3H3,(H,13,16)(H,17,18). The number of aryl methyl sites for hydroxylation is 1. The topological polar surface area (TPSA) is 105 Å². The van der Waals surface area contributed by atoms with Gasteiger partial charge in [-0.1, -0.05) is 19.0 Å². The molecule has 0 atom stereocenters. The van der Waals surface area contributed by atoms with Crippen LogP contribution in [0.1, 0.15) is 38.4 Å². The lowest BCUT2D eigenvalue weighted by Crippen LogP contribution is -2.31. The number of aromatic nitrogens is 2. The van der Waals surface area contributed by atoms with Crippen LogP contribution in [0.3, 0.4) is 0 Å². The number of carbonyl (C=O) groups excluding carboxylic acids is 1. The minimum Gasteiger partial charge on any atom is -0.481 e. The molecule has 0 saturated carbocycles. The maximum Gasteiger partial charge on any atom is 0.303 e. The van der Waals surface area contributed by atoms with Crippen LogP contribution in [0.4, 0.5) is 0 Å². The molecule has 0 aromatic carbocycles. The minimum atomic E-state index is -0.903. The molecule has 1 aromatic rings. The molecule has 0 fully saturated rings. The van der Waals surface area contributed by atoms with Gasteiger partial charge in [0.05, 0.1) is 6.42 Å². The Labute approximate surface area is 111 Å². The van der Waals surface area contributed by atoms with Crippen LogP contribution in [0.15, 0.2) is 4.52 Å². The van der Waals surface area contributed by atoms with Crippen molar-refractivity contribution < 1.29 is 19.2 Å². The highest BCUT2D eigenvalue weighted by Gasteiger charge is 2.24. The molecule has 0 bridgehead atoms. The molecule has 2 N–H and O–H groups in total. The number of carboxylic acid groups (broad SMARTS) is 1. The van der Waals surface area contributed by atoms with E-state index in [4.69, 9.17) is 9.63 Å². The van der Waals surface area contributed by atoms with Crippen LogP contribution in [-0.2, 0) is 16.0 Å². The number of rotatable bonds is 7. The monoisotopic (exact) mass is 269 g/mol. The van der Waals surface area contributed by atoms with E-state index >= 15 is 0 Å². The van der Waals surface area contributed by atoms with Crippen molar-refractivity contribution in [2.45, 2.75) is 40.0 Å². The predicted octanol–water partition coefficient (Wildman–Crippen LogP) is 0.928. The Balaban J connectivity index is 2.29. The fraction of sp³-hybridized carbons (Fsp3) is 0.667. The second kappa shape index (κ2) is 6.31. The van der Waals surface area contributed by atoms with Crippen molar-refractivity contribution in [1.82, 2.24) is 15.5 Å². The maximum atomic E-state index is 11.7. The second-order valence-electron chi connectivity index (χ2n) is 5.24. The molecule has 106 valence electrons. The van der Waals surface area contributed by atoms with Crippen LogP contribution in [0.5, 0.6) is 0 Å². The average molecular weight is 269 g/mol. The van der Waals surface area contributed by atoms with E-state index in [0.717, 1.165) is 0 Å². The predicted molar refractivity (Wildman–Crippen MR) is 66.4 cm³/mol. The van der Waals surface area contributed by atoms with Gasteiger partial charge >= 0.3 is 5.97 Å². The van der Waals surface area contributed by atoms with Gasteiger partial charge in [-0.25, -0.2) is 0 Å². The van der Waals surface area contributed by atoms with Crippen LogP contribution < -0.4 is 5.32 Å². The molecule has 0 saturated heterocycles. The van der Waals surface area contributed by atoms with Crippen LogP contribution >= 0.6 is 0 Å². The lowest BCUT2D eigenvalue weighted by molar-refractivity contribution is -0.139. The average Bonchev–Trinajstić information content (AvgIpc) is 2.61. The van der Waals surface area contributed by atoms with Gasteiger partial charge in [0.15, 0.2) is 5.82 Å². The third-order valence-corrected chi connectivity index (χ3v) is 2.51. The summed E-state index contributed by atoms with van der Waals surface area (Å²) in [6.45, 7) is 5.61. The van der Waals surface area contributed by atoms with Gasteiger partial charge in [0.1, 0.15) is 0 Å². The van der Waals surface area contributed by atoms with Crippen molar-refractivity contribution in [3.63, 3.8) is 0 Å². The molecule has 0 aliphatic heterocycles. The lowest BCUT2D eigenvalue weighted by atomic mass is 9.85. The summed E-state index contributed by atoms with van der Waals surface area (Å²) in [5.74, 6) is -0.0435. The molecule has 1 aromatic heterocycles. The van der Waals surface area contributed by atoms with Gasteiger partial charge in [-0.05, 0) is 5.41 Å². The fourth-order valence-corrected chi connectivity index (χ4v) is 1.73. The zero-order chi connectivity index (χ0) is 14.5. The number of hydrogen-bond donors (Lipinski definition) is 2. The number of carbonyl (C=O) groups is 2.